The molecule has 0 bridgehead atoms. The fourth-order valence-corrected chi connectivity index (χ4v) is 3.23. The van der Waals surface area contributed by atoms with Crippen molar-refractivity contribution in [1.82, 2.24) is 4.90 Å². The second kappa shape index (κ2) is 6.25. The van der Waals surface area contributed by atoms with E-state index in [9.17, 15) is 4.79 Å². The van der Waals surface area contributed by atoms with Crippen molar-refractivity contribution >= 4 is 17.7 Å². The number of ether oxygens (including phenoxy) is 1. The minimum Gasteiger partial charge on any atom is -0.383 e. The third kappa shape index (κ3) is 3.06. The van der Waals surface area contributed by atoms with Crippen LogP contribution in [0.4, 0.5) is 0 Å². The van der Waals surface area contributed by atoms with E-state index in [2.05, 4.69) is 31.2 Å². The summed E-state index contributed by atoms with van der Waals surface area (Å²) in [6, 6.07) is 8.25. The van der Waals surface area contributed by atoms with Crippen LogP contribution in [0.15, 0.2) is 24.3 Å². The largest absolute Gasteiger partial charge is 0.383 e. The number of hydrogen-bond acceptors (Lipinski definition) is 3. The summed E-state index contributed by atoms with van der Waals surface area (Å²) in [6.07, 6.45) is 0. The smallest absolute Gasteiger partial charge is 0.240 e. The van der Waals surface area contributed by atoms with Crippen molar-refractivity contribution in [2.45, 2.75) is 12.2 Å². The van der Waals surface area contributed by atoms with Crippen molar-refractivity contribution in [1.29, 1.82) is 0 Å². The van der Waals surface area contributed by atoms with Gasteiger partial charge in [0, 0.05) is 26.0 Å². The summed E-state index contributed by atoms with van der Waals surface area (Å²) in [5.41, 5.74) is 2.33. The monoisotopic (exact) mass is 265 g/mol. The zero-order chi connectivity index (χ0) is 13.0. The van der Waals surface area contributed by atoms with Gasteiger partial charge in [0.15, 0.2) is 0 Å². The van der Waals surface area contributed by atoms with Crippen LogP contribution in [0.1, 0.15) is 16.4 Å². The molecule has 4 heteroatoms. The number of nitrogens with zero attached hydrogens (tertiary/aromatic N) is 1. The molecule has 0 N–H and O–H groups in total. The molecule has 1 saturated heterocycles. The molecule has 1 unspecified atom stereocenters. The first-order valence-electron chi connectivity index (χ1n) is 6.18. The number of amides is 1. The average molecular weight is 265 g/mol. The average Bonchev–Trinajstić information content (AvgIpc) is 2.39. The van der Waals surface area contributed by atoms with Crippen molar-refractivity contribution in [2.75, 3.05) is 32.6 Å². The zero-order valence-electron chi connectivity index (χ0n) is 10.9. The maximum absolute atomic E-state index is 12.4. The predicted molar refractivity (Wildman–Crippen MR) is 74.8 cm³/mol. The molecule has 1 heterocycles. The lowest BCUT2D eigenvalue weighted by Gasteiger charge is -2.32. The van der Waals surface area contributed by atoms with E-state index < -0.39 is 0 Å². The topological polar surface area (TPSA) is 29.5 Å². The Morgan fingerprint density at radius 2 is 2.11 bits per heavy atom. The van der Waals surface area contributed by atoms with Crippen LogP contribution >= 0.6 is 11.8 Å². The molecule has 0 saturated carbocycles. The Hall–Kier alpha value is -1.00. The standard InChI is InChI=1S/C14H19NO2S/c1-11-3-5-12(6-4-11)13-14(16)15(7-9-17-2)8-10-18-13/h3-6,13H,7-10H2,1-2H3. The predicted octanol–water partition coefficient (Wildman–Crippen LogP) is 2.26. The van der Waals surface area contributed by atoms with Gasteiger partial charge in [-0.25, -0.2) is 0 Å². The van der Waals surface area contributed by atoms with E-state index in [0.29, 0.717) is 13.2 Å². The molecule has 3 nitrogen and oxygen atoms in total. The van der Waals surface area contributed by atoms with Crippen LogP contribution in [-0.2, 0) is 9.53 Å². The number of carbonyl (C=O) groups excluding carboxylic acids is 1. The number of carbonyl (C=O) groups is 1. The number of benzene rings is 1. The van der Waals surface area contributed by atoms with E-state index in [0.717, 1.165) is 17.9 Å². The molecule has 1 aliphatic heterocycles. The van der Waals surface area contributed by atoms with Crippen LogP contribution in [-0.4, -0.2) is 43.4 Å². The van der Waals surface area contributed by atoms with Crippen molar-refractivity contribution < 1.29 is 9.53 Å². The highest BCUT2D eigenvalue weighted by Crippen LogP contribution is 2.34. The molecule has 0 aliphatic carbocycles. The van der Waals surface area contributed by atoms with Crippen LogP contribution in [0.25, 0.3) is 0 Å². The van der Waals surface area contributed by atoms with E-state index in [-0.39, 0.29) is 11.2 Å². The second-order valence-electron chi connectivity index (χ2n) is 4.48. The number of methoxy groups -OCH3 is 1. The molecule has 0 aromatic heterocycles. The van der Waals surface area contributed by atoms with Gasteiger partial charge in [0.05, 0.1) is 6.61 Å². The number of rotatable bonds is 4. The maximum Gasteiger partial charge on any atom is 0.240 e. The molecular weight excluding hydrogens is 246 g/mol. The molecule has 1 aromatic rings. The van der Waals surface area contributed by atoms with Crippen molar-refractivity contribution in [3.8, 4) is 0 Å². The van der Waals surface area contributed by atoms with Gasteiger partial charge >= 0.3 is 0 Å². The molecular formula is C14H19NO2S. The van der Waals surface area contributed by atoms with Gasteiger partial charge in [-0.3, -0.25) is 4.79 Å². The zero-order valence-corrected chi connectivity index (χ0v) is 11.7. The molecule has 1 fully saturated rings. The second-order valence-corrected chi connectivity index (χ2v) is 5.69. The number of hydrogen-bond donors (Lipinski definition) is 0. The molecule has 1 aromatic carbocycles. The summed E-state index contributed by atoms with van der Waals surface area (Å²) < 4.78 is 5.05. The van der Waals surface area contributed by atoms with Gasteiger partial charge in [0.1, 0.15) is 5.25 Å². The fraction of sp³-hybridized carbons (Fsp3) is 0.500. The maximum atomic E-state index is 12.4. The summed E-state index contributed by atoms with van der Waals surface area (Å²) in [5.74, 6) is 1.21. The summed E-state index contributed by atoms with van der Waals surface area (Å²) in [4.78, 5) is 14.3. The lowest BCUT2D eigenvalue weighted by atomic mass is 10.1. The van der Waals surface area contributed by atoms with Gasteiger partial charge in [-0.1, -0.05) is 29.8 Å². The van der Waals surface area contributed by atoms with Crippen LogP contribution in [0.3, 0.4) is 0 Å². The number of aryl methyl sites for hydroxylation is 1. The Morgan fingerprint density at radius 3 is 2.78 bits per heavy atom. The Balaban J connectivity index is 2.08. The van der Waals surface area contributed by atoms with E-state index in [4.69, 9.17) is 4.74 Å². The summed E-state index contributed by atoms with van der Waals surface area (Å²) in [6.45, 7) is 4.19. The highest BCUT2D eigenvalue weighted by Gasteiger charge is 2.30. The first kappa shape index (κ1) is 13.4. The van der Waals surface area contributed by atoms with Gasteiger partial charge in [-0.2, -0.15) is 0 Å². The highest BCUT2D eigenvalue weighted by atomic mass is 32.2. The molecule has 1 aliphatic rings. The summed E-state index contributed by atoms with van der Waals surface area (Å²) in [7, 11) is 1.67. The van der Waals surface area contributed by atoms with Gasteiger partial charge in [0.2, 0.25) is 5.91 Å². The van der Waals surface area contributed by atoms with Crippen molar-refractivity contribution in [2.24, 2.45) is 0 Å². The van der Waals surface area contributed by atoms with E-state index in [1.54, 1.807) is 18.9 Å². The van der Waals surface area contributed by atoms with Gasteiger partial charge in [-0.15, -0.1) is 11.8 Å². The van der Waals surface area contributed by atoms with Gasteiger partial charge < -0.3 is 9.64 Å². The first-order valence-corrected chi connectivity index (χ1v) is 7.23. The van der Waals surface area contributed by atoms with Crippen molar-refractivity contribution in [3.05, 3.63) is 35.4 Å². The Kier molecular flexibility index (Phi) is 4.66. The third-order valence-corrected chi connectivity index (χ3v) is 4.35. The molecule has 2 rings (SSSR count). The quantitative estimate of drug-likeness (QED) is 0.836. The molecule has 0 radical (unpaired) electrons. The normalized spacial score (nSPS) is 20.2. The van der Waals surface area contributed by atoms with E-state index in [1.165, 1.54) is 5.56 Å². The molecule has 1 amide bonds. The van der Waals surface area contributed by atoms with E-state index in [1.807, 2.05) is 4.90 Å². The number of thioether (sulfide) groups is 1. The molecule has 1 atom stereocenters. The molecule has 98 valence electrons. The molecule has 18 heavy (non-hydrogen) atoms. The first-order chi connectivity index (χ1) is 8.72. The van der Waals surface area contributed by atoms with Crippen LogP contribution in [0.2, 0.25) is 0 Å². The Labute approximate surface area is 113 Å². The van der Waals surface area contributed by atoms with Gasteiger partial charge in [0.25, 0.3) is 0 Å². The minimum atomic E-state index is -0.0452. The Morgan fingerprint density at radius 1 is 1.39 bits per heavy atom. The van der Waals surface area contributed by atoms with E-state index >= 15 is 0 Å². The van der Waals surface area contributed by atoms with Gasteiger partial charge in [-0.05, 0) is 12.5 Å². The SMILES string of the molecule is COCCN1CCSC(c2ccc(C)cc2)C1=O. The lowest BCUT2D eigenvalue weighted by Crippen LogP contribution is -2.41. The third-order valence-electron chi connectivity index (χ3n) is 3.13. The van der Waals surface area contributed by atoms with Crippen LogP contribution < -0.4 is 0 Å². The minimum absolute atomic E-state index is 0.0452. The summed E-state index contributed by atoms with van der Waals surface area (Å²) >= 11 is 1.74. The van der Waals surface area contributed by atoms with Crippen LogP contribution in [0, 0.1) is 6.92 Å². The Bertz CT molecular complexity index is 405. The fourth-order valence-electron chi connectivity index (χ4n) is 2.03. The van der Waals surface area contributed by atoms with Crippen molar-refractivity contribution in [3.63, 3.8) is 0 Å². The summed E-state index contributed by atoms with van der Waals surface area (Å²) in [5, 5.41) is -0.0452. The lowest BCUT2D eigenvalue weighted by molar-refractivity contribution is -0.131. The van der Waals surface area contributed by atoms with Crippen LogP contribution in [0.5, 0.6) is 0 Å². The molecule has 0 spiro atoms. The highest BCUT2D eigenvalue weighted by molar-refractivity contribution is 8.00.